The third-order valence-corrected chi connectivity index (χ3v) is 4.47. The maximum absolute atomic E-state index is 12.3. The monoisotopic (exact) mass is 363 g/mol. The molecule has 0 unspecified atom stereocenters. The van der Waals surface area contributed by atoms with Crippen LogP contribution in [0.4, 0.5) is 5.13 Å². The zero-order valence-electron chi connectivity index (χ0n) is 13.7. The zero-order valence-corrected chi connectivity index (χ0v) is 14.5. The number of carbonyl (C=O) groups is 1. The van der Waals surface area contributed by atoms with E-state index in [2.05, 4.69) is 25.7 Å². The predicted octanol–water partition coefficient (Wildman–Crippen LogP) is 3.82. The maximum Gasteiger partial charge on any atom is 0.296 e. The first-order chi connectivity index (χ1) is 12.7. The van der Waals surface area contributed by atoms with E-state index < -0.39 is 5.91 Å². The lowest BCUT2D eigenvalue weighted by Gasteiger charge is -1.96. The van der Waals surface area contributed by atoms with Gasteiger partial charge in [-0.2, -0.15) is 0 Å². The SMILES string of the molecule is Cc1ccc(-c2cc(C(=O)Nc3nnc(-c4ccccn4)s3)on2)cc1. The van der Waals surface area contributed by atoms with Crippen LogP contribution in [0.15, 0.2) is 59.3 Å². The average Bonchev–Trinajstić information content (AvgIpc) is 3.33. The van der Waals surface area contributed by atoms with Crippen LogP contribution in [0.5, 0.6) is 0 Å². The standard InChI is InChI=1S/C18H13N5O2S/c1-11-5-7-12(8-6-11)14-10-15(25-23-14)16(24)20-18-22-21-17(26-18)13-4-2-3-9-19-13/h2-10H,1H3,(H,20,22,24). The van der Waals surface area contributed by atoms with Crippen molar-refractivity contribution >= 4 is 22.4 Å². The Morgan fingerprint density at radius 1 is 1.08 bits per heavy atom. The highest BCUT2D eigenvalue weighted by Gasteiger charge is 2.17. The van der Waals surface area contributed by atoms with Crippen LogP contribution < -0.4 is 5.32 Å². The lowest BCUT2D eigenvalue weighted by Crippen LogP contribution is -2.10. The third-order valence-electron chi connectivity index (χ3n) is 3.61. The Morgan fingerprint density at radius 2 is 1.92 bits per heavy atom. The lowest BCUT2D eigenvalue weighted by atomic mass is 10.1. The second-order valence-electron chi connectivity index (χ2n) is 5.52. The molecule has 4 rings (SSSR count). The Balaban J connectivity index is 1.49. The van der Waals surface area contributed by atoms with Gasteiger partial charge >= 0.3 is 0 Å². The smallest absolute Gasteiger partial charge is 0.296 e. The summed E-state index contributed by atoms with van der Waals surface area (Å²) in [4.78, 5) is 16.5. The number of hydrogen-bond donors (Lipinski definition) is 1. The average molecular weight is 363 g/mol. The van der Waals surface area contributed by atoms with Gasteiger partial charge in [0.05, 0.1) is 0 Å². The molecule has 0 fully saturated rings. The van der Waals surface area contributed by atoms with Crippen LogP contribution in [0, 0.1) is 6.92 Å². The number of aromatic nitrogens is 4. The first-order valence-corrected chi connectivity index (χ1v) is 8.61. The molecule has 0 aliphatic rings. The number of rotatable bonds is 4. The molecule has 26 heavy (non-hydrogen) atoms. The Hall–Kier alpha value is -3.39. The Morgan fingerprint density at radius 3 is 2.69 bits per heavy atom. The molecule has 0 saturated heterocycles. The minimum Gasteiger partial charge on any atom is -0.350 e. The minimum atomic E-state index is -0.431. The molecule has 1 N–H and O–H groups in total. The number of pyridine rings is 1. The summed E-state index contributed by atoms with van der Waals surface area (Å²) in [5, 5.41) is 15.6. The molecule has 128 valence electrons. The number of aryl methyl sites for hydroxylation is 1. The first-order valence-electron chi connectivity index (χ1n) is 7.79. The van der Waals surface area contributed by atoms with Gasteiger partial charge in [0.15, 0.2) is 5.01 Å². The number of anilines is 1. The fourth-order valence-corrected chi connectivity index (χ4v) is 2.98. The van der Waals surface area contributed by atoms with E-state index >= 15 is 0 Å². The molecule has 0 aliphatic carbocycles. The summed E-state index contributed by atoms with van der Waals surface area (Å²) in [5.74, 6) is -0.324. The summed E-state index contributed by atoms with van der Waals surface area (Å²) >= 11 is 1.24. The van der Waals surface area contributed by atoms with E-state index in [0.717, 1.165) is 11.1 Å². The van der Waals surface area contributed by atoms with Gasteiger partial charge in [-0.05, 0) is 19.1 Å². The molecule has 4 aromatic rings. The van der Waals surface area contributed by atoms with Gasteiger partial charge in [0, 0.05) is 17.8 Å². The highest BCUT2D eigenvalue weighted by atomic mass is 32.1. The molecular weight excluding hydrogens is 350 g/mol. The summed E-state index contributed by atoms with van der Waals surface area (Å²) < 4.78 is 5.16. The second kappa shape index (κ2) is 6.85. The van der Waals surface area contributed by atoms with Crippen molar-refractivity contribution < 1.29 is 9.32 Å². The van der Waals surface area contributed by atoms with E-state index in [1.165, 1.54) is 11.3 Å². The topological polar surface area (TPSA) is 93.8 Å². The summed E-state index contributed by atoms with van der Waals surface area (Å²) in [6.45, 7) is 2.01. The van der Waals surface area contributed by atoms with Crippen molar-refractivity contribution in [2.24, 2.45) is 0 Å². The normalized spacial score (nSPS) is 10.7. The van der Waals surface area contributed by atoms with E-state index in [-0.39, 0.29) is 5.76 Å². The van der Waals surface area contributed by atoms with E-state index in [1.54, 1.807) is 12.3 Å². The fourth-order valence-electron chi connectivity index (χ4n) is 2.27. The van der Waals surface area contributed by atoms with Gasteiger partial charge in [0.2, 0.25) is 10.9 Å². The van der Waals surface area contributed by atoms with Crippen LogP contribution in [0.2, 0.25) is 0 Å². The van der Waals surface area contributed by atoms with Crippen LogP contribution in [0.3, 0.4) is 0 Å². The van der Waals surface area contributed by atoms with E-state index in [0.29, 0.717) is 21.5 Å². The molecule has 0 atom stereocenters. The fraction of sp³-hybridized carbons (Fsp3) is 0.0556. The van der Waals surface area contributed by atoms with Crippen LogP contribution in [0.25, 0.3) is 22.0 Å². The molecule has 7 nitrogen and oxygen atoms in total. The highest BCUT2D eigenvalue weighted by Crippen LogP contribution is 2.25. The molecular formula is C18H13N5O2S. The van der Waals surface area contributed by atoms with Gasteiger partial charge in [-0.15, -0.1) is 10.2 Å². The number of nitrogens with zero attached hydrogens (tertiary/aromatic N) is 4. The largest absolute Gasteiger partial charge is 0.350 e. The second-order valence-corrected chi connectivity index (χ2v) is 6.50. The van der Waals surface area contributed by atoms with Crippen molar-refractivity contribution in [1.82, 2.24) is 20.3 Å². The maximum atomic E-state index is 12.3. The molecule has 0 aliphatic heterocycles. The van der Waals surface area contributed by atoms with Gasteiger partial charge in [-0.3, -0.25) is 15.1 Å². The van der Waals surface area contributed by atoms with Crippen LogP contribution in [-0.2, 0) is 0 Å². The molecule has 8 heteroatoms. The van der Waals surface area contributed by atoms with Gasteiger partial charge in [-0.25, -0.2) is 0 Å². The number of amides is 1. The van der Waals surface area contributed by atoms with Crippen molar-refractivity contribution in [2.45, 2.75) is 6.92 Å². The molecule has 1 amide bonds. The van der Waals surface area contributed by atoms with Crippen molar-refractivity contribution in [3.63, 3.8) is 0 Å². The molecule has 0 radical (unpaired) electrons. The van der Waals surface area contributed by atoms with Crippen molar-refractivity contribution in [1.29, 1.82) is 0 Å². The molecule has 0 bridgehead atoms. The number of hydrogen-bond acceptors (Lipinski definition) is 7. The molecule has 0 spiro atoms. The highest BCUT2D eigenvalue weighted by molar-refractivity contribution is 7.18. The van der Waals surface area contributed by atoms with Gasteiger partial charge < -0.3 is 4.52 Å². The third kappa shape index (κ3) is 3.35. The van der Waals surface area contributed by atoms with Crippen molar-refractivity contribution in [3.8, 4) is 22.0 Å². The number of carbonyl (C=O) groups excluding carboxylic acids is 1. The van der Waals surface area contributed by atoms with Crippen LogP contribution >= 0.6 is 11.3 Å². The zero-order chi connectivity index (χ0) is 17.9. The van der Waals surface area contributed by atoms with Gasteiger partial charge in [-0.1, -0.05) is 52.4 Å². The predicted molar refractivity (Wildman–Crippen MR) is 97.8 cm³/mol. The lowest BCUT2D eigenvalue weighted by molar-refractivity contribution is 0.0988. The van der Waals surface area contributed by atoms with Crippen molar-refractivity contribution in [3.05, 3.63) is 66.1 Å². The van der Waals surface area contributed by atoms with Crippen molar-refractivity contribution in [2.75, 3.05) is 5.32 Å². The molecule has 3 aromatic heterocycles. The summed E-state index contributed by atoms with van der Waals surface area (Å²) in [5.41, 5.74) is 3.33. The molecule has 1 aromatic carbocycles. The number of nitrogens with one attached hydrogen (secondary N) is 1. The quantitative estimate of drug-likeness (QED) is 0.592. The molecule has 0 saturated carbocycles. The Labute approximate surface area is 152 Å². The van der Waals surface area contributed by atoms with E-state index in [1.807, 2.05) is 49.4 Å². The molecule has 3 heterocycles. The van der Waals surface area contributed by atoms with Gasteiger partial charge in [0.1, 0.15) is 11.4 Å². The summed E-state index contributed by atoms with van der Waals surface area (Å²) in [7, 11) is 0. The Kier molecular flexibility index (Phi) is 4.24. The first kappa shape index (κ1) is 16.1. The Bertz CT molecular complexity index is 1040. The number of benzene rings is 1. The van der Waals surface area contributed by atoms with Crippen LogP contribution in [-0.4, -0.2) is 26.2 Å². The van der Waals surface area contributed by atoms with Gasteiger partial charge in [0.25, 0.3) is 5.91 Å². The summed E-state index contributed by atoms with van der Waals surface area (Å²) in [6.07, 6.45) is 1.68. The van der Waals surface area contributed by atoms with E-state index in [9.17, 15) is 4.79 Å². The van der Waals surface area contributed by atoms with Crippen LogP contribution in [0.1, 0.15) is 16.1 Å². The minimum absolute atomic E-state index is 0.107. The summed E-state index contributed by atoms with van der Waals surface area (Å²) in [6, 6.07) is 14.9. The van der Waals surface area contributed by atoms with E-state index in [4.69, 9.17) is 4.52 Å².